The minimum atomic E-state index is 0. The molecule has 2 heterocycles. The van der Waals surface area contributed by atoms with Crippen LogP contribution < -0.4 is 15.5 Å². The van der Waals surface area contributed by atoms with Crippen LogP contribution in [0.25, 0.3) is 0 Å². The summed E-state index contributed by atoms with van der Waals surface area (Å²) in [6.45, 7) is 5.17. The second kappa shape index (κ2) is 11.6. The minimum absolute atomic E-state index is 0. The molecular formula is C19H31Cl2N3O. The molecule has 2 N–H and O–H groups in total. The summed E-state index contributed by atoms with van der Waals surface area (Å²) in [5.74, 6) is 0.966. The van der Waals surface area contributed by atoms with Gasteiger partial charge in [-0.25, -0.2) is 0 Å². The Labute approximate surface area is 163 Å². The highest BCUT2D eigenvalue weighted by molar-refractivity contribution is 5.85. The number of hydrogen-bond acceptors (Lipinski definition) is 3. The third-order valence-electron chi connectivity index (χ3n) is 5.15. The van der Waals surface area contributed by atoms with E-state index >= 15 is 0 Å². The third-order valence-corrected chi connectivity index (χ3v) is 5.15. The monoisotopic (exact) mass is 387 g/mol. The van der Waals surface area contributed by atoms with Crippen molar-refractivity contribution in [2.75, 3.05) is 37.6 Å². The highest BCUT2D eigenvalue weighted by atomic mass is 35.5. The normalized spacial score (nSPS) is 16.6. The zero-order valence-electron chi connectivity index (χ0n) is 14.8. The van der Waals surface area contributed by atoms with Crippen molar-refractivity contribution in [1.82, 2.24) is 10.6 Å². The van der Waals surface area contributed by atoms with Crippen molar-refractivity contribution in [2.24, 2.45) is 5.92 Å². The van der Waals surface area contributed by atoms with Crippen molar-refractivity contribution in [3.05, 3.63) is 29.8 Å². The van der Waals surface area contributed by atoms with Crippen LogP contribution in [0.3, 0.4) is 0 Å². The van der Waals surface area contributed by atoms with Crippen LogP contribution >= 0.6 is 24.8 Å². The summed E-state index contributed by atoms with van der Waals surface area (Å²) in [4.78, 5) is 14.4. The molecule has 2 aliphatic heterocycles. The van der Waals surface area contributed by atoms with E-state index in [4.69, 9.17) is 0 Å². The molecule has 1 aromatic carbocycles. The van der Waals surface area contributed by atoms with Gasteiger partial charge in [-0.1, -0.05) is 18.2 Å². The summed E-state index contributed by atoms with van der Waals surface area (Å²) >= 11 is 0. The number of nitrogens with one attached hydrogen (secondary N) is 2. The smallest absolute Gasteiger partial charge is 0.220 e. The van der Waals surface area contributed by atoms with Crippen molar-refractivity contribution >= 4 is 36.4 Å². The van der Waals surface area contributed by atoms with Crippen LogP contribution in [0.4, 0.5) is 5.69 Å². The Morgan fingerprint density at radius 3 is 2.76 bits per heavy atom. The van der Waals surface area contributed by atoms with Gasteiger partial charge in [-0.2, -0.15) is 0 Å². The topological polar surface area (TPSA) is 44.4 Å². The van der Waals surface area contributed by atoms with Crippen molar-refractivity contribution in [1.29, 1.82) is 0 Å². The average Bonchev–Trinajstić information content (AvgIpc) is 3.01. The van der Waals surface area contributed by atoms with Crippen molar-refractivity contribution in [2.45, 2.75) is 38.5 Å². The number of hydrogen-bond donors (Lipinski definition) is 2. The van der Waals surface area contributed by atoms with E-state index in [2.05, 4.69) is 39.8 Å². The second-order valence-corrected chi connectivity index (χ2v) is 6.80. The van der Waals surface area contributed by atoms with Crippen LogP contribution in [0.2, 0.25) is 0 Å². The first-order chi connectivity index (χ1) is 11.3. The molecule has 0 radical (unpaired) electrons. The van der Waals surface area contributed by atoms with E-state index in [0.717, 1.165) is 57.9 Å². The number of anilines is 1. The lowest BCUT2D eigenvalue weighted by atomic mass is 9.93. The predicted molar refractivity (Wildman–Crippen MR) is 109 cm³/mol. The summed E-state index contributed by atoms with van der Waals surface area (Å²) in [5.41, 5.74) is 2.84. The zero-order valence-corrected chi connectivity index (χ0v) is 16.5. The molecular weight excluding hydrogens is 357 g/mol. The number of para-hydroxylation sites is 1. The SMILES string of the molecule is Cl.Cl.O=C(CCC1CCNCC1)NCCCN1CCc2ccccc21. The Balaban J connectivity index is 0.00000156. The van der Waals surface area contributed by atoms with Crippen LogP contribution in [0, 0.1) is 5.92 Å². The van der Waals surface area contributed by atoms with Crippen LogP contribution in [0.1, 0.15) is 37.7 Å². The Bertz CT molecular complexity index is 521. The van der Waals surface area contributed by atoms with E-state index in [1.165, 1.54) is 24.1 Å². The molecule has 142 valence electrons. The maximum atomic E-state index is 11.9. The van der Waals surface area contributed by atoms with Gasteiger partial charge in [0.2, 0.25) is 5.91 Å². The van der Waals surface area contributed by atoms with Gasteiger partial charge in [-0.15, -0.1) is 24.8 Å². The Kier molecular flexibility index (Phi) is 10.2. The van der Waals surface area contributed by atoms with Crippen molar-refractivity contribution < 1.29 is 4.79 Å². The van der Waals surface area contributed by atoms with Crippen LogP contribution in [-0.4, -0.2) is 38.6 Å². The maximum absolute atomic E-state index is 11.9. The Hall–Kier alpha value is -0.970. The first-order valence-corrected chi connectivity index (χ1v) is 9.13. The molecule has 1 aromatic rings. The number of carbonyl (C=O) groups is 1. The second-order valence-electron chi connectivity index (χ2n) is 6.80. The molecule has 3 rings (SSSR count). The largest absolute Gasteiger partial charge is 0.371 e. The van der Waals surface area contributed by atoms with Crippen LogP contribution in [0.15, 0.2) is 24.3 Å². The molecule has 0 unspecified atom stereocenters. The fourth-order valence-electron chi connectivity index (χ4n) is 3.73. The fraction of sp³-hybridized carbons (Fsp3) is 0.632. The molecule has 1 saturated heterocycles. The molecule has 1 fully saturated rings. The molecule has 0 bridgehead atoms. The van der Waals surface area contributed by atoms with Gasteiger partial charge in [0.1, 0.15) is 0 Å². The number of fused-ring (bicyclic) bond motifs is 1. The Morgan fingerprint density at radius 1 is 1.20 bits per heavy atom. The van der Waals surface area contributed by atoms with E-state index in [9.17, 15) is 4.79 Å². The van der Waals surface area contributed by atoms with Crippen molar-refractivity contribution in [3.8, 4) is 0 Å². The molecule has 6 heteroatoms. The van der Waals surface area contributed by atoms with Gasteiger partial charge in [0.05, 0.1) is 0 Å². The molecule has 0 spiro atoms. The van der Waals surface area contributed by atoms with Gasteiger partial charge in [0.15, 0.2) is 0 Å². The summed E-state index contributed by atoms with van der Waals surface area (Å²) in [5, 5.41) is 6.46. The van der Waals surface area contributed by atoms with Crippen molar-refractivity contribution in [3.63, 3.8) is 0 Å². The molecule has 0 aliphatic carbocycles. The molecule has 0 atom stereocenters. The van der Waals surface area contributed by atoms with Crippen LogP contribution in [-0.2, 0) is 11.2 Å². The molecule has 0 aromatic heterocycles. The number of benzene rings is 1. The summed E-state index contributed by atoms with van der Waals surface area (Å²) < 4.78 is 0. The molecule has 25 heavy (non-hydrogen) atoms. The van der Waals surface area contributed by atoms with E-state index in [0.29, 0.717) is 6.42 Å². The molecule has 2 aliphatic rings. The number of piperidine rings is 1. The standard InChI is InChI=1S/C19H29N3O.2ClH/c23-19(7-6-16-8-12-20-13-9-16)21-11-3-14-22-15-10-17-4-1-2-5-18(17)22;;/h1-2,4-5,16,20H,3,6-15H2,(H,21,23);2*1H. The van der Waals surface area contributed by atoms with E-state index in [-0.39, 0.29) is 30.7 Å². The highest BCUT2D eigenvalue weighted by Gasteiger charge is 2.17. The first kappa shape index (κ1) is 22.1. The maximum Gasteiger partial charge on any atom is 0.220 e. The predicted octanol–water partition coefficient (Wildman–Crippen LogP) is 3.18. The zero-order chi connectivity index (χ0) is 15.9. The summed E-state index contributed by atoms with van der Waals surface area (Å²) in [7, 11) is 0. The molecule has 1 amide bonds. The summed E-state index contributed by atoms with van der Waals surface area (Å²) in [6, 6.07) is 8.66. The van der Waals surface area contributed by atoms with Gasteiger partial charge in [0.25, 0.3) is 0 Å². The molecule has 0 saturated carbocycles. The van der Waals surface area contributed by atoms with E-state index in [1.54, 1.807) is 0 Å². The van der Waals surface area contributed by atoms with Gasteiger partial charge in [0, 0.05) is 31.7 Å². The minimum Gasteiger partial charge on any atom is -0.371 e. The van der Waals surface area contributed by atoms with Gasteiger partial charge >= 0.3 is 0 Å². The average molecular weight is 388 g/mol. The number of nitrogens with zero attached hydrogens (tertiary/aromatic N) is 1. The van der Waals surface area contributed by atoms with Crippen LogP contribution in [0.5, 0.6) is 0 Å². The van der Waals surface area contributed by atoms with Gasteiger partial charge < -0.3 is 15.5 Å². The number of halogens is 2. The third kappa shape index (κ3) is 6.69. The molecule has 4 nitrogen and oxygen atoms in total. The van der Waals surface area contributed by atoms with Gasteiger partial charge in [-0.3, -0.25) is 4.79 Å². The summed E-state index contributed by atoms with van der Waals surface area (Å²) in [6.07, 6.45) is 6.36. The lowest BCUT2D eigenvalue weighted by molar-refractivity contribution is -0.121. The lowest BCUT2D eigenvalue weighted by Gasteiger charge is -2.22. The number of carbonyl (C=O) groups excluding carboxylic acids is 1. The number of rotatable bonds is 7. The fourth-order valence-corrected chi connectivity index (χ4v) is 3.73. The Morgan fingerprint density at radius 2 is 1.96 bits per heavy atom. The quantitative estimate of drug-likeness (QED) is 0.706. The van der Waals surface area contributed by atoms with Gasteiger partial charge in [-0.05, 0) is 62.7 Å². The first-order valence-electron chi connectivity index (χ1n) is 9.13. The lowest BCUT2D eigenvalue weighted by Crippen LogP contribution is -2.31. The number of amides is 1. The van der Waals surface area contributed by atoms with E-state index < -0.39 is 0 Å². The van der Waals surface area contributed by atoms with E-state index in [1.807, 2.05) is 0 Å². The highest BCUT2D eigenvalue weighted by Crippen LogP contribution is 2.27.